The minimum atomic E-state index is -0.304. The van der Waals surface area contributed by atoms with E-state index < -0.39 is 0 Å². The summed E-state index contributed by atoms with van der Waals surface area (Å²) in [5.41, 5.74) is 2.11. The largest absolute Gasteiger partial charge is 0.368 e. The molecule has 0 spiro atoms. The fourth-order valence-electron chi connectivity index (χ4n) is 1.17. The molecule has 0 aliphatic carbocycles. The van der Waals surface area contributed by atoms with E-state index in [2.05, 4.69) is 11.8 Å². The van der Waals surface area contributed by atoms with Crippen molar-refractivity contribution in [3.8, 4) is 11.8 Å². The lowest BCUT2D eigenvalue weighted by Gasteiger charge is -2.02. The quantitative estimate of drug-likeness (QED) is 0.553. The zero-order valence-corrected chi connectivity index (χ0v) is 8.99. The second-order valence-corrected chi connectivity index (χ2v) is 3.21. The Bertz CT molecular complexity index is 385. The second kappa shape index (κ2) is 6.00. The summed E-state index contributed by atoms with van der Waals surface area (Å²) in [6.07, 6.45) is 0.831. The molecule has 0 bridgehead atoms. The van der Waals surface area contributed by atoms with Gasteiger partial charge in [0, 0.05) is 19.1 Å². The van der Waals surface area contributed by atoms with Crippen LogP contribution in [0.3, 0.4) is 0 Å². The maximum Gasteiger partial charge on any atom is 0.124 e. The summed E-state index contributed by atoms with van der Waals surface area (Å²) in [6.45, 7) is 2.01. The van der Waals surface area contributed by atoms with Crippen LogP contribution in [0.4, 0.5) is 0 Å². The molecule has 0 saturated carbocycles. The predicted molar refractivity (Wildman–Crippen MR) is 59.5 cm³/mol. The van der Waals surface area contributed by atoms with Crippen LogP contribution >= 0.6 is 0 Å². The molecule has 2 heteroatoms. The molecule has 0 amide bonds. The van der Waals surface area contributed by atoms with Gasteiger partial charge >= 0.3 is 0 Å². The Labute approximate surface area is 90.3 Å². The standard InChI is InChI=1S/C13H14O2/c1-11-5-3-4-6-12(11)7-8-13(15-2)9-10-14/h3-6,10,13H,9H2,1-2H3/t13-/m1/s1. The summed E-state index contributed by atoms with van der Waals surface area (Å²) in [6, 6.07) is 7.87. The summed E-state index contributed by atoms with van der Waals surface area (Å²) >= 11 is 0. The average molecular weight is 202 g/mol. The summed E-state index contributed by atoms with van der Waals surface area (Å²) in [7, 11) is 1.56. The fraction of sp³-hybridized carbons (Fsp3) is 0.308. The fourth-order valence-corrected chi connectivity index (χ4v) is 1.17. The minimum absolute atomic E-state index is 0.304. The summed E-state index contributed by atoms with van der Waals surface area (Å²) in [4.78, 5) is 10.3. The van der Waals surface area contributed by atoms with Crippen LogP contribution in [0.15, 0.2) is 24.3 Å². The van der Waals surface area contributed by atoms with Gasteiger partial charge in [-0.25, -0.2) is 0 Å². The van der Waals surface area contributed by atoms with E-state index in [0.29, 0.717) is 6.42 Å². The van der Waals surface area contributed by atoms with Crippen LogP contribution < -0.4 is 0 Å². The van der Waals surface area contributed by atoms with E-state index in [1.807, 2.05) is 31.2 Å². The smallest absolute Gasteiger partial charge is 0.124 e. The van der Waals surface area contributed by atoms with E-state index in [1.165, 1.54) is 0 Å². The molecule has 0 aliphatic heterocycles. The molecule has 1 rings (SSSR count). The Kier molecular flexibility index (Phi) is 4.59. The van der Waals surface area contributed by atoms with Crippen LogP contribution in [0.25, 0.3) is 0 Å². The Morgan fingerprint density at radius 2 is 2.20 bits per heavy atom. The van der Waals surface area contributed by atoms with Crippen LogP contribution in [0.5, 0.6) is 0 Å². The molecule has 0 heterocycles. The van der Waals surface area contributed by atoms with E-state index in [9.17, 15) is 4.79 Å². The highest BCUT2D eigenvalue weighted by molar-refractivity contribution is 5.52. The monoisotopic (exact) mass is 202 g/mol. The van der Waals surface area contributed by atoms with Crippen LogP contribution in [0, 0.1) is 18.8 Å². The number of aldehydes is 1. The van der Waals surface area contributed by atoms with Crippen molar-refractivity contribution in [2.24, 2.45) is 0 Å². The molecule has 1 aromatic carbocycles. The molecule has 78 valence electrons. The first-order chi connectivity index (χ1) is 7.27. The first-order valence-corrected chi connectivity index (χ1v) is 4.81. The number of hydrogen-bond acceptors (Lipinski definition) is 2. The number of benzene rings is 1. The molecule has 15 heavy (non-hydrogen) atoms. The number of carbonyl (C=O) groups is 1. The molecule has 0 N–H and O–H groups in total. The van der Waals surface area contributed by atoms with Crippen molar-refractivity contribution in [3.05, 3.63) is 35.4 Å². The van der Waals surface area contributed by atoms with Gasteiger partial charge in [-0.15, -0.1) is 0 Å². The number of aryl methyl sites for hydroxylation is 1. The molecule has 2 nitrogen and oxygen atoms in total. The lowest BCUT2D eigenvalue weighted by atomic mass is 10.1. The van der Waals surface area contributed by atoms with Gasteiger partial charge in [-0.2, -0.15) is 0 Å². The highest BCUT2D eigenvalue weighted by Gasteiger charge is 2.00. The van der Waals surface area contributed by atoms with Gasteiger partial charge in [0.05, 0.1) is 0 Å². The third kappa shape index (κ3) is 3.57. The predicted octanol–water partition coefficient (Wildman–Crippen LogP) is 1.95. The normalized spacial score (nSPS) is 11.3. The summed E-state index contributed by atoms with van der Waals surface area (Å²) in [5.74, 6) is 5.94. The molecular formula is C13H14O2. The Balaban J connectivity index is 2.80. The molecule has 1 atom stereocenters. The van der Waals surface area contributed by atoms with Crippen molar-refractivity contribution in [1.29, 1.82) is 0 Å². The third-order valence-electron chi connectivity index (χ3n) is 2.11. The molecule has 0 saturated heterocycles. The number of rotatable bonds is 3. The third-order valence-corrected chi connectivity index (χ3v) is 2.11. The van der Waals surface area contributed by atoms with Crippen molar-refractivity contribution >= 4 is 6.29 Å². The van der Waals surface area contributed by atoms with Crippen molar-refractivity contribution in [3.63, 3.8) is 0 Å². The lowest BCUT2D eigenvalue weighted by molar-refractivity contribution is -0.109. The highest BCUT2D eigenvalue weighted by Crippen LogP contribution is 2.05. The van der Waals surface area contributed by atoms with Gasteiger partial charge in [-0.05, 0) is 18.6 Å². The van der Waals surface area contributed by atoms with E-state index in [0.717, 1.165) is 17.4 Å². The van der Waals surface area contributed by atoms with Crippen LogP contribution in [0.1, 0.15) is 17.5 Å². The summed E-state index contributed by atoms with van der Waals surface area (Å²) in [5, 5.41) is 0. The van der Waals surface area contributed by atoms with Gasteiger partial charge in [0.15, 0.2) is 0 Å². The van der Waals surface area contributed by atoms with Crippen LogP contribution in [0.2, 0.25) is 0 Å². The van der Waals surface area contributed by atoms with Gasteiger partial charge in [0.1, 0.15) is 12.4 Å². The zero-order chi connectivity index (χ0) is 11.1. The topological polar surface area (TPSA) is 26.3 Å². The van der Waals surface area contributed by atoms with Gasteiger partial charge < -0.3 is 9.53 Å². The van der Waals surface area contributed by atoms with Crippen molar-refractivity contribution in [1.82, 2.24) is 0 Å². The van der Waals surface area contributed by atoms with E-state index in [1.54, 1.807) is 7.11 Å². The number of hydrogen-bond donors (Lipinski definition) is 0. The first-order valence-electron chi connectivity index (χ1n) is 4.81. The highest BCUT2D eigenvalue weighted by atomic mass is 16.5. The summed E-state index contributed by atoms with van der Waals surface area (Å²) < 4.78 is 5.05. The Hall–Kier alpha value is -1.59. The van der Waals surface area contributed by atoms with Crippen molar-refractivity contribution in [2.75, 3.05) is 7.11 Å². The Morgan fingerprint density at radius 1 is 1.47 bits per heavy atom. The maximum absolute atomic E-state index is 10.3. The van der Waals surface area contributed by atoms with Gasteiger partial charge in [-0.1, -0.05) is 30.0 Å². The molecule has 0 aliphatic rings. The number of carbonyl (C=O) groups excluding carboxylic acids is 1. The molecule has 1 aromatic rings. The van der Waals surface area contributed by atoms with Gasteiger partial charge in [0.2, 0.25) is 0 Å². The van der Waals surface area contributed by atoms with Crippen molar-refractivity contribution in [2.45, 2.75) is 19.4 Å². The molecular weight excluding hydrogens is 188 g/mol. The second-order valence-electron chi connectivity index (χ2n) is 3.21. The van der Waals surface area contributed by atoms with E-state index in [4.69, 9.17) is 4.74 Å². The SMILES string of the molecule is CO[C@H](C#Cc1ccccc1C)CC=O. The number of methoxy groups -OCH3 is 1. The average Bonchev–Trinajstić information content (AvgIpc) is 2.26. The maximum atomic E-state index is 10.3. The molecule has 0 aromatic heterocycles. The van der Waals surface area contributed by atoms with Crippen LogP contribution in [-0.2, 0) is 9.53 Å². The van der Waals surface area contributed by atoms with Gasteiger partial charge in [0.25, 0.3) is 0 Å². The Morgan fingerprint density at radius 3 is 2.80 bits per heavy atom. The first kappa shape index (κ1) is 11.5. The molecule has 0 fully saturated rings. The van der Waals surface area contributed by atoms with Crippen LogP contribution in [-0.4, -0.2) is 19.5 Å². The van der Waals surface area contributed by atoms with E-state index >= 15 is 0 Å². The van der Waals surface area contributed by atoms with Gasteiger partial charge in [-0.3, -0.25) is 0 Å². The number of ether oxygens (including phenoxy) is 1. The minimum Gasteiger partial charge on any atom is -0.368 e. The molecule has 0 radical (unpaired) electrons. The van der Waals surface area contributed by atoms with Crippen molar-refractivity contribution < 1.29 is 9.53 Å². The zero-order valence-electron chi connectivity index (χ0n) is 8.99. The van der Waals surface area contributed by atoms with E-state index in [-0.39, 0.29) is 6.10 Å². The lowest BCUT2D eigenvalue weighted by Crippen LogP contribution is -2.07. The molecule has 0 unspecified atom stereocenters.